The minimum absolute atomic E-state index is 0.145. The van der Waals surface area contributed by atoms with E-state index in [0.29, 0.717) is 12.6 Å². The van der Waals surface area contributed by atoms with Crippen LogP contribution in [0.4, 0.5) is 13.2 Å². The molecule has 10 heteroatoms. The Morgan fingerprint density at radius 3 is 2.65 bits per heavy atom. The zero-order valence-electron chi connectivity index (χ0n) is 12.2. The molecule has 1 saturated heterocycles. The quantitative estimate of drug-likeness (QED) is 0.834. The van der Waals surface area contributed by atoms with Gasteiger partial charge >= 0.3 is 6.18 Å². The largest absolute Gasteiger partial charge is 0.434 e. The molecule has 2 rings (SSSR count). The van der Waals surface area contributed by atoms with Crippen molar-refractivity contribution >= 4 is 10.8 Å². The number of rotatable bonds is 4. The van der Waals surface area contributed by atoms with Gasteiger partial charge < -0.3 is 14.9 Å². The zero-order chi connectivity index (χ0) is 17.2. The summed E-state index contributed by atoms with van der Waals surface area (Å²) in [6.07, 6.45) is -5.21. The Labute approximate surface area is 133 Å². The fourth-order valence-electron chi connectivity index (χ4n) is 2.32. The van der Waals surface area contributed by atoms with E-state index in [1.807, 2.05) is 6.92 Å². The Kier molecular flexibility index (Phi) is 5.71. The number of alkyl halides is 3. The lowest BCUT2D eigenvalue weighted by Crippen LogP contribution is -2.54. The van der Waals surface area contributed by atoms with Crippen molar-refractivity contribution in [1.29, 1.82) is 0 Å². The highest BCUT2D eigenvalue weighted by atomic mass is 32.2. The third-order valence-electron chi connectivity index (χ3n) is 3.54. The molecule has 0 spiro atoms. The molecule has 5 unspecified atom stereocenters. The van der Waals surface area contributed by atoms with Crippen LogP contribution in [0.1, 0.15) is 25.5 Å². The van der Waals surface area contributed by atoms with Gasteiger partial charge in [0.25, 0.3) is 0 Å². The Balaban J connectivity index is 2.18. The Hall–Kier alpha value is -1.10. The number of hydrogen-bond acceptors (Lipinski definition) is 6. The molecule has 0 saturated carbocycles. The minimum Gasteiger partial charge on any atom is -0.389 e. The predicted molar refractivity (Wildman–Crippen MR) is 73.9 cm³/mol. The first kappa shape index (κ1) is 18.2. The van der Waals surface area contributed by atoms with Gasteiger partial charge in [-0.1, -0.05) is 13.3 Å². The van der Waals surface area contributed by atoms with Crippen LogP contribution in [-0.2, 0) is 21.7 Å². The van der Waals surface area contributed by atoms with E-state index >= 15 is 0 Å². The lowest BCUT2D eigenvalue weighted by Gasteiger charge is -2.36. The normalized spacial score (nSPS) is 30.2. The molecule has 1 fully saturated rings. The van der Waals surface area contributed by atoms with Crippen molar-refractivity contribution in [3.63, 3.8) is 0 Å². The molecule has 23 heavy (non-hydrogen) atoms. The van der Waals surface area contributed by atoms with E-state index < -0.39 is 51.3 Å². The first-order valence-corrected chi connectivity index (χ1v) is 8.24. The van der Waals surface area contributed by atoms with Gasteiger partial charge in [-0.2, -0.15) is 13.2 Å². The average Bonchev–Trinajstić information content (AvgIpc) is 2.51. The topological polar surface area (TPSA) is 92.5 Å². The van der Waals surface area contributed by atoms with Gasteiger partial charge in [-0.05, 0) is 6.42 Å². The summed E-state index contributed by atoms with van der Waals surface area (Å²) >= 11 is 0. The molecule has 0 amide bonds. The number of aliphatic hydroxyl groups is 2. The zero-order valence-corrected chi connectivity index (χ0v) is 13.0. The molecule has 0 aliphatic carbocycles. The number of hydrogen-bond donors (Lipinski definition) is 2. The molecule has 1 aromatic rings. The van der Waals surface area contributed by atoms with Crippen LogP contribution in [0.5, 0.6) is 0 Å². The molecule has 0 bridgehead atoms. The molecule has 1 aliphatic rings. The number of aromatic nitrogens is 2. The van der Waals surface area contributed by atoms with Crippen LogP contribution in [0.15, 0.2) is 17.4 Å². The Bertz CT molecular complexity index is 572. The van der Waals surface area contributed by atoms with E-state index in [4.69, 9.17) is 4.74 Å². The predicted octanol–water partition coefficient (Wildman–Crippen LogP) is 0.892. The van der Waals surface area contributed by atoms with E-state index in [-0.39, 0.29) is 6.61 Å². The molecular formula is C13H17F3N2O4S. The van der Waals surface area contributed by atoms with Crippen molar-refractivity contribution in [2.24, 2.45) is 0 Å². The third kappa shape index (κ3) is 4.06. The maximum atomic E-state index is 12.6. The first-order valence-electron chi connectivity index (χ1n) is 7.03. The van der Waals surface area contributed by atoms with Gasteiger partial charge in [0.2, 0.25) is 0 Å². The summed E-state index contributed by atoms with van der Waals surface area (Å²) in [5.41, 5.74) is -1.26. The second-order valence-electron chi connectivity index (χ2n) is 5.22. The van der Waals surface area contributed by atoms with Crippen molar-refractivity contribution in [3.8, 4) is 0 Å². The molecule has 1 aliphatic heterocycles. The third-order valence-corrected chi connectivity index (χ3v) is 5.12. The van der Waals surface area contributed by atoms with E-state index in [9.17, 15) is 27.6 Å². The van der Waals surface area contributed by atoms with Crippen molar-refractivity contribution in [2.75, 3.05) is 6.61 Å². The van der Waals surface area contributed by atoms with Gasteiger partial charge in [0, 0.05) is 0 Å². The maximum Gasteiger partial charge on any atom is 0.434 e. The molecule has 2 heterocycles. The number of aliphatic hydroxyl groups excluding tert-OH is 2. The van der Waals surface area contributed by atoms with Gasteiger partial charge in [-0.15, -0.1) is 0 Å². The summed E-state index contributed by atoms with van der Waals surface area (Å²) in [6, 6.07) is 0. The fraction of sp³-hybridized carbons (Fsp3) is 0.692. The monoisotopic (exact) mass is 354 g/mol. The van der Waals surface area contributed by atoms with Crippen LogP contribution < -0.4 is 0 Å². The average molecular weight is 354 g/mol. The summed E-state index contributed by atoms with van der Waals surface area (Å²) < 4.78 is 55.7. The highest BCUT2D eigenvalue weighted by Crippen LogP contribution is 2.29. The second kappa shape index (κ2) is 7.20. The minimum atomic E-state index is -4.71. The number of nitrogens with zero attached hydrogens (tertiary/aromatic N) is 2. The number of ether oxygens (including phenoxy) is 1. The van der Waals surface area contributed by atoms with Crippen LogP contribution in [0.2, 0.25) is 0 Å². The summed E-state index contributed by atoms with van der Waals surface area (Å²) in [4.78, 5) is 6.69. The summed E-state index contributed by atoms with van der Waals surface area (Å²) in [5, 5.41) is 18.6. The molecule has 5 atom stereocenters. The maximum absolute atomic E-state index is 12.6. The van der Waals surface area contributed by atoms with E-state index in [0.717, 1.165) is 12.6 Å². The van der Waals surface area contributed by atoms with Crippen LogP contribution >= 0.6 is 0 Å². The Morgan fingerprint density at radius 2 is 2.04 bits per heavy atom. The molecular weight excluding hydrogens is 337 g/mol. The standard InChI is InChI=1S/C13H17F3N2O4S/c1-2-3-7-11(19)12(20)8(6-22-7)23(21)10-5-17-4-9(18-10)13(14,15)16/h4-5,7-8,11-12,19-20H,2-3,6H2,1H3. The number of halogens is 3. The fourth-order valence-corrected chi connectivity index (χ4v) is 3.60. The van der Waals surface area contributed by atoms with Gasteiger partial charge in [0.05, 0.1) is 47.3 Å². The molecule has 6 nitrogen and oxygen atoms in total. The van der Waals surface area contributed by atoms with E-state index in [1.165, 1.54) is 0 Å². The Morgan fingerprint density at radius 1 is 1.35 bits per heavy atom. The lowest BCUT2D eigenvalue weighted by molar-refractivity contribution is -0.141. The summed E-state index contributed by atoms with van der Waals surface area (Å²) in [6.45, 7) is 1.73. The molecule has 1 aromatic heterocycles. The van der Waals surface area contributed by atoms with Crippen molar-refractivity contribution in [3.05, 3.63) is 18.1 Å². The summed E-state index contributed by atoms with van der Waals surface area (Å²) in [5.74, 6) is 0. The van der Waals surface area contributed by atoms with Crippen molar-refractivity contribution in [2.45, 2.75) is 54.5 Å². The van der Waals surface area contributed by atoms with Crippen LogP contribution in [0.3, 0.4) is 0 Å². The molecule has 0 aromatic carbocycles. The van der Waals surface area contributed by atoms with E-state index in [2.05, 4.69) is 9.97 Å². The molecule has 2 N–H and O–H groups in total. The van der Waals surface area contributed by atoms with Crippen LogP contribution in [-0.4, -0.2) is 54.6 Å². The van der Waals surface area contributed by atoms with Gasteiger partial charge in [0.1, 0.15) is 11.1 Å². The van der Waals surface area contributed by atoms with Crippen molar-refractivity contribution < 1.29 is 32.3 Å². The SMILES string of the molecule is CCCC1OCC(S(=O)c2cncc(C(F)(F)F)n2)C(O)C1O. The first-order chi connectivity index (χ1) is 10.8. The van der Waals surface area contributed by atoms with Crippen LogP contribution in [0, 0.1) is 0 Å². The van der Waals surface area contributed by atoms with E-state index in [1.54, 1.807) is 0 Å². The van der Waals surface area contributed by atoms with Gasteiger partial charge in [0.15, 0.2) is 5.69 Å². The smallest absolute Gasteiger partial charge is 0.389 e. The van der Waals surface area contributed by atoms with Gasteiger partial charge in [-0.25, -0.2) is 4.98 Å². The molecule has 130 valence electrons. The van der Waals surface area contributed by atoms with Crippen LogP contribution in [0.25, 0.3) is 0 Å². The highest BCUT2D eigenvalue weighted by molar-refractivity contribution is 7.85. The van der Waals surface area contributed by atoms with Crippen molar-refractivity contribution in [1.82, 2.24) is 9.97 Å². The second-order valence-corrected chi connectivity index (χ2v) is 6.84. The summed E-state index contributed by atoms with van der Waals surface area (Å²) in [7, 11) is -2.09. The lowest BCUT2D eigenvalue weighted by atomic mass is 9.99. The van der Waals surface area contributed by atoms with Gasteiger partial charge in [-0.3, -0.25) is 9.19 Å². The molecule has 0 radical (unpaired) electrons. The highest BCUT2D eigenvalue weighted by Gasteiger charge is 2.42.